The van der Waals surface area contributed by atoms with Crippen LogP contribution in [0.25, 0.3) is 0 Å². The highest BCUT2D eigenvalue weighted by Gasteiger charge is 2.20. The Kier molecular flexibility index (Phi) is 3.38. The molecule has 0 N–H and O–H groups in total. The van der Waals surface area contributed by atoms with E-state index in [4.69, 9.17) is 0 Å². The third-order valence-electron chi connectivity index (χ3n) is 3.57. The highest BCUT2D eigenvalue weighted by atomic mass is 32.1. The summed E-state index contributed by atoms with van der Waals surface area (Å²) in [7, 11) is 1.88. The van der Waals surface area contributed by atoms with E-state index in [0.717, 1.165) is 17.7 Å². The van der Waals surface area contributed by atoms with Crippen molar-refractivity contribution >= 4 is 17.2 Å². The zero-order valence-corrected chi connectivity index (χ0v) is 11.9. The number of hydrogen-bond acceptors (Lipinski definition) is 2. The molecule has 1 aliphatic rings. The molecule has 1 amide bonds. The van der Waals surface area contributed by atoms with E-state index in [1.54, 1.807) is 16.2 Å². The van der Waals surface area contributed by atoms with Crippen molar-refractivity contribution in [1.29, 1.82) is 0 Å². The summed E-state index contributed by atoms with van der Waals surface area (Å²) in [5.74, 6) is 0.142. The summed E-state index contributed by atoms with van der Waals surface area (Å²) in [6.07, 6.45) is 3.53. The Labute approximate surface area is 117 Å². The van der Waals surface area contributed by atoms with Crippen molar-refractivity contribution in [2.75, 3.05) is 7.05 Å². The fourth-order valence-corrected chi connectivity index (χ4v) is 3.80. The van der Waals surface area contributed by atoms with Crippen molar-refractivity contribution in [3.63, 3.8) is 0 Å². The third-order valence-corrected chi connectivity index (χ3v) is 4.79. The van der Waals surface area contributed by atoms with Gasteiger partial charge in [-0.25, -0.2) is 0 Å². The van der Waals surface area contributed by atoms with Crippen LogP contribution in [0.4, 0.5) is 0 Å². The van der Waals surface area contributed by atoms with E-state index in [2.05, 4.69) is 18.2 Å². The average Bonchev–Trinajstić information content (AvgIpc) is 2.99. The minimum Gasteiger partial charge on any atom is -0.337 e. The van der Waals surface area contributed by atoms with Crippen LogP contribution in [0.1, 0.15) is 32.1 Å². The van der Waals surface area contributed by atoms with Crippen molar-refractivity contribution in [1.82, 2.24) is 4.90 Å². The molecule has 0 saturated carbocycles. The second kappa shape index (κ2) is 5.17. The second-order valence-electron chi connectivity index (χ2n) is 5.06. The lowest BCUT2D eigenvalue weighted by Crippen LogP contribution is -2.25. The van der Waals surface area contributed by atoms with Crippen LogP contribution in [-0.4, -0.2) is 17.9 Å². The van der Waals surface area contributed by atoms with Crippen LogP contribution in [0.15, 0.2) is 36.4 Å². The first-order chi connectivity index (χ1) is 9.24. The van der Waals surface area contributed by atoms with E-state index in [1.807, 2.05) is 25.2 Å². The molecule has 0 spiro atoms. The smallest absolute Gasteiger partial charge is 0.263 e. The molecule has 0 radical (unpaired) electrons. The first-order valence-corrected chi connectivity index (χ1v) is 7.46. The summed E-state index contributed by atoms with van der Waals surface area (Å²) in [5, 5.41) is 0. The van der Waals surface area contributed by atoms with Crippen molar-refractivity contribution in [2.24, 2.45) is 0 Å². The lowest BCUT2D eigenvalue weighted by molar-refractivity contribution is 0.0790. The number of thiophene rings is 1. The van der Waals surface area contributed by atoms with Crippen molar-refractivity contribution < 1.29 is 4.79 Å². The number of benzene rings is 1. The van der Waals surface area contributed by atoms with E-state index in [-0.39, 0.29) is 5.91 Å². The third kappa shape index (κ3) is 2.56. The van der Waals surface area contributed by atoms with Gasteiger partial charge in [-0.15, -0.1) is 11.3 Å². The molecule has 3 rings (SSSR count). The predicted molar refractivity (Wildman–Crippen MR) is 78.6 cm³/mol. The minimum atomic E-state index is 0.142. The Balaban J connectivity index is 1.72. The zero-order valence-electron chi connectivity index (χ0n) is 11.1. The molecular formula is C16H17NOS. The molecule has 1 aromatic carbocycles. The largest absolute Gasteiger partial charge is 0.337 e. The van der Waals surface area contributed by atoms with Gasteiger partial charge in [0.1, 0.15) is 0 Å². The molecule has 0 atom stereocenters. The lowest BCUT2D eigenvalue weighted by atomic mass is 10.2. The van der Waals surface area contributed by atoms with Gasteiger partial charge < -0.3 is 4.90 Å². The molecule has 1 aliphatic carbocycles. The molecule has 0 unspecified atom stereocenters. The number of carbonyl (C=O) groups excluding carboxylic acids is 1. The molecule has 0 saturated heterocycles. The first-order valence-electron chi connectivity index (χ1n) is 6.65. The first kappa shape index (κ1) is 12.4. The van der Waals surface area contributed by atoms with Gasteiger partial charge >= 0.3 is 0 Å². The molecule has 1 aromatic heterocycles. The van der Waals surface area contributed by atoms with Crippen LogP contribution >= 0.6 is 11.3 Å². The maximum Gasteiger partial charge on any atom is 0.263 e. The van der Waals surface area contributed by atoms with Gasteiger partial charge in [-0.3, -0.25) is 4.79 Å². The maximum absolute atomic E-state index is 12.4. The summed E-state index contributed by atoms with van der Waals surface area (Å²) in [5.41, 5.74) is 2.56. The molecular weight excluding hydrogens is 254 g/mol. The Morgan fingerprint density at radius 3 is 2.79 bits per heavy atom. The number of nitrogens with zero attached hydrogens (tertiary/aromatic N) is 1. The summed E-state index contributed by atoms with van der Waals surface area (Å²) >= 11 is 1.68. The molecule has 2 aromatic rings. The van der Waals surface area contributed by atoms with Crippen molar-refractivity contribution in [2.45, 2.75) is 25.8 Å². The number of amides is 1. The quantitative estimate of drug-likeness (QED) is 0.836. The molecule has 2 nitrogen and oxygen atoms in total. The van der Waals surface area contributed by atoms with Crippen LogP contribution in [0, 0.1) is 0 Å². The van der Waals surface area contributed by atoms with E-state index >= 15 is 0 Å². The normalized spacial score (nSPS) is 13.3. The summed E-state index contributed by atoms with van der Waals surface area (Å²) in [4.78, 5) is 16.5. The molecule has 0 aliphatic heterocycles. The minimum absolute atomic E-state index is 0.142. The Bertz CT molecular complexity index is 567. The predicted octanol–water partition coefficient (Wildman–Crippen LogP) is 3.51. The molecule has 0 fully saturated rings. The fourth-order valence-electron chi connectivity index (χ4n) is 2.55. The van der Waals surface area contributed by atoms with Crippen molar-refractivity contribution in [3.8, 4) is 0 Å². The Morgan fingerprint density at radius 2 is 2.05 bits per heavy atom. The summed E-state index contributed by atoms with van der Waals surface area (Å²) in [6, 6.07) is 12.2. The second-order valence-corrected chi connectivity index (χ2v) is 6.20. The SMILES string of the molecule is CN(Cc1ccccc1)C(=O)c1cc2c(s1)CCC2. The molecule has 1 heterocycles. The van der Waals surface area contributed by atoms with Crippen LogP contribution in [-0.2, 0) is 19.4 Å². The number of carbonyl (C=O) groups is 1. The van der Waals surface area contributed by atoms with E-state index in [1.165, 1.54) is 22.4 Å². The van der Waals surface area contributed by atoms with Crippen LogP contribution in [0.3, 0.4) is 0 Å². The van der Waals surface area contributed by atoms with Crippen LogP contribution < -0.4 is 0 Å². The molecule has 0 bridgehead atoms. The van der Waals surface area contributed by atoms with E-state index < -0.39 is 0 Å². The van der Waals surface area contributed by atoms with Gasteiger partial charge in [0, 0.05) is 18.5 Å². The summed E-state index contributed by atoms with van der Waals surface area (Å²) < 4.78 is 0. The molecule has 98 valence electrons. The number of aryl methyl sites for hydroxylation is 2. The van der Waals surface area contributed by atoms with Gasteiger partial charge in [0.15, 0.2) is 0 Å². The van der Waals surface area contributed by atoms with Crippen LogP contribution in [0.5, 0.6) is 0 Å². The lowest BCUT2D eigenvalue weighted by Gasteiger charge is -2.16. The molecule has 3 heteroatoms. The van der Waals surface area contributed by atoms with Gasteiger partial charge in [0.05, 0.1) is 4.88 Å². The fraction of sp³-hybridized carbons (Fsp3) is 0.312. The van der Waals surface area contributed by atoms with E-state index in [0.29, 0.717) is 6.54 Å². The van der Waals surface area contributed by atoms with Crippen molar-refractivity contribution in [3.05, 3.63) is 57.3 Å². The number of fused-ring (bicyclic) bond motifs is 1. The summed E-state index contributed by atoms with van der Waals surface area (Å²) in [6.45, 7) is 0.669. The highest BCUT2D eigenvalue weighted by molar-refractivity contribution is 7.14. The van der Waals surface area contributed by atoms with Gasteiger partial charge in [-0.05, 0) is 36.5 Å². The molecule has 19 heavy (non-hydrogen) atoms. The highest BCUT2D eigenvalue weighted by Crippen LogP contribution is 2.31. The van der Waals surface area contributed by atoms with Gasteiger partial charge in [0.25, 0.3) is 5.91 Å². The number of rotatable bonds is 3. The van der Waals surface area contributed by atoms with Gasteiger partial charge in [0.2, 0.25) is 0 Å². The van der Waals surface area contributed by atoms with E-state index in [9.17, 15) is 4.79 Å². The van der Waals surface area contributed by atoms with Gasteiger partial charge in [-0.1, -0.05) is 30.3 Å². The Morgan fingerprint density at radius 1 is 1.26 bits per heavy atom. The zero-order chi connectivity index (χ0) is 13.2. The van der Waals surface area contributed by atoms with Gasteiger partial charge in [-0.2, -0.15) is 0 Å². The topological polar surface area (TPSA) is 20.3 Å². The Hall–Kier alpha value is -1.61. The van der Waals surface area contributed by atoms with Crippen LogP contribution in [0.2, 0.25) is 0 Å². The number of hydrogen-bond donors (Lipinski definition) is 0. The monoisotopic (exact) mass is 271 g/mol. The maximum atomic E-state index is 12.4. The average molecular weight is 271 g/mol. The standard InChI is InChI=1S/C16H17NOS/c1-17(11-12-6-3-2-4-7-12)16(18)15-10-13-8-5-9-14(13)19-15/h2-4,6-7,10H,5,8-9,11H2,1H3.